The van der Waals surface area contributed by atoms with E-state index in [9.17, 15) is 4.79 Å². The molecule has 0 aromatic heterocycles. The van der Waals surface area contributed by atoms with Crippen molar-refractivity contribution in [2.75, 3.05) is 18.5 Å². The number of aryl methyl sites for hydroxylation is 1. The molecular formula is C24H28N2O2. The molecular weight excluding hydrogens is 348 g/mol. The third kappa shape index (κ3) is 5.33. The average Bonchev–Trinajstić information content (AvgIpc) is 2.72. The Morgan fingerprint density at radius 2 is 1.79 bits per heavy atom. The first-order chi connectivity index (χ1) is 13.7. The molecule has 0 aliphatic heterocycles. The zero-order chi connectivity index (χ0) is 19.8. The Balaban J connectivity index is 1.70. The second-order valence-electron chi connectivity index (χ2n) is 7.00. The summed E-state index contributed by atoms with van der Waals surface area (Å²) in [5.74, 6) is 0.587. The molecule has 0 saturated carbocycles. The van der Waals surface area contributed by atoms with Crippen molar-refractivity contribution >= 4 is 22.4 Å². The van der Waals surface area contributed by atoms with Gasteiger partial charge in [-0.05, 0) is 48.9 Å². The van der Waals surface area contributed by atoms with E-state index in [1.807, 2.05) is 55.5 Å². The molecule has 0 radical (unpaired) electrons. The van der Waals surface area contributed by atoms with Crippen molar-refractivity contribution in [3.63, 3.8) is 0 Å². The van der Waals surface area contributed by atoms with Crippen LogP contribution in [0.3, 0.4) is 0 Å². The minimum atomic E-state index is -0.165. The summed E-state index contributed by atoms with van der Waals surface area (Å²) in [6.07, 6.45) is 2.30. The summed E-state index contributed by atoms with van der Waals surface area (Å²) in [5, 5.41) is 8.69. The van der Waals surface area contributed by atoms with Crippen LogP contribution in [0.5, 0.6) is 5.75 Å². The SMILES string of the molecule is CCCCNCc1c(OCC(=O)Nc2ccc(C)cc2)ccc2ccccc12. The molecule has 3 aromatic rings. The van der Waals surface area contributed by atoms with Crippen LogP contribution in [0.2, 0.25) is 0 Å². The number of carbonyl (C=O) groups excluding carboxylic acids is 1. The van der Waals surface area contributed by atoms with Gasteiger partial charge in [-0.15, -0.1) is 0 Å². The Morgan fingerprint density at radius 1 is 1.00 bits per heavy atom. The number of nitrogens with one attached hydrogen (secondary N) is 2. The number of unbranched alkanes of at least 4 members (excludes halogenated alkanes) is 1. The van der Waals surface area contributed by atoms with Gasteiger partial charge in [-0.1, -0.05) is 61.4 Å². The van der Waals surface area contributed by atoms with Crippen molar-refractivity contribution in [3.8, 4) is 5.75 Å². The number of carbonyl (C=O) groups is 1. The van der Waals surface area contributed by atoms with Gasteiger partial charge in [-0.2, -0.15) is 0 Å². The van der Waals surface area contributed by atoms with Crippen LogP contribution >= 0.6 is 0 Å². The largest absolute Gasteiger partial charge is 0.483 e. The van der Waals surface area contributed by atoms with Gasteiger partial charge in [-0.3, -0.25) is 4.79 Å². The minimum Gasteiger partial charge on any atom is -0.483 e. The summed E-state index contributed by atoms with van der Waals surface area (Å²) in [7, 11) is 0. The number of ether oxygens (including phenoxy) is 1. The monoisotopic (exact) mass is 376 g/mol. The molecule has 4 heteroatoms. The van der Waals surface area contributed by atoms with E-state index in [4.69, 9.17) is 4.74 Å². The quantitative estimate of drug-likeness (QED) is 0.514. The lowest BCUT2D eigenvalue weighted by Gasteiger charge is -2.15. The number of amides is 1. The van der Waals surface area contributed by atoms with Gasteiger partial charge in [0, 0.05) is 17.8 Å². The van der Waals surface area contributed by atoms with Crippen LogP contribution in [-0.4, -0.2) is 19.1 Å². The molecule has 0 aliphatic rings. The van der Waals surface area contributed by atoms with Crippen molar-refractivity contribution in [1.29, 1.82) is 0 Å². The van der Waals surface area contributed by atoms with Gasteiger partial charge in [0.2, 0.25) is 0 Å². The molecule has 0 unspecified atom stereocenters. The fourth-order valence-electron chi connectivity index (χ4n) is 3.13. The maximum absolute atomic E-state index is 12.3. The van der Waals surface area contributed by atoms with E-state index in [1.54, 1.807) is 0 Å². The first kappa shape index (κ1) is 19.9. The lowest BCUT2D eigenvalue weighted by atomic mass is 10.0. The van der Waals surface area contributed by atoms with Gasteiger partial charge in [-0.25, -0.2) is 0 Å². The number of fused-ring (bicyclic) bond motifs is 1. The predicted molar refractivity (Wildman–Crippen MR) is 116 cm³/mol. The number of anilines is 1. The number of hydrogen-bond donors (Lipinski definition) is 2. The lowest BCUT2D eigenvalue weighted by molar-refractivity contribution is -0.118. The second kappa shape index (κ2) is 9.90. The third-order valence-electron chi connectivity index (χ3n) is 4.70. The van der Waals surface area contributed by atoms with E-state index in [1.165, 1.54) is 5.39 Å². The number of benzene rings is 3. The zero-order valence-corrected chi connectivity index (χ0v) is 16.6. The molecule has 0 spiro atoms. The summed E-state index contributed by atoms with van der Waals surface area (Å²) in [6.45, 7) is 5.86. The van der Waals surface area contributed by atoms with E-state index in [0.29, 0.717) is 0 Å². The van der Waals surface area contributed by atoms with Crippen LogP contribution in [0.25, 0.3) is 10.8 Å². The van der Waals surface area contributed by atoms with Crippen LogP contribution in [-0.2, 0) is 11.3 Å². The highest BCUT2D eigenvalue weighted by atomic mass is 16.5. The minimum absolute atomic E-state index is 0.0197. The molecule has 3 aromatic carbocycles. The average molecular weight is 377 g/mol. The molecule has 0 aliphatic carbocycles. The lowest BCUT2D eigenvalue weighted by Crippen LogP contribution is -2.21. The first-order valence-electron chi connectivity index (χ1n) is 9.88. The maximum Gasteiger partial charge on any atom is 0.262 e. The van der Waals surface area contributed by atoms with Crippen LogP contribution in [0.4, 0.5) is 5.69 Å². The van der Waals surface area contributed by atoms with Gasteiger partial charge in [0.15, 0.2) is 6.61 Å². The zero-order valence-electron chi connectivity index (χ0n) is 16.6. The Morgan fingerprint density at radius 3 is 2.57 bits per heavy atom. The molecule has 0 bridgehead atoms. The number of rotatable bonds is 9. The summed E-state index contributed by atoms with van der Waals surface area (Å²) >= 11 is 0. The molecule has 2 N–H and O–H groups in total. The van der Waals surface area contributed by atoms with E-state index in [0.717, 1.165) is 53.9 Å². The molecule has 0 heterocycles. The fraction of sp³-hybridized carbons (Fsp3) is 0.292. The molecule has 0 fully saturated rings. The Labute approximate surface area is 166 Å². The summed E-state index contributed by atoms with van der Waals surface area (Å²) < 4.78 is 5.91. The molecule has 1 amide bonds. The molecule has 146 valence electrons. The molecule has 28 heavy (non-hydrogen) atoms. The number of hydrogen-bond acceptors (Lipinski definition) is 3. The Bertz CT molecular complexity index is 920. The maximum atomic E-state index is 12.3. The Kier molecular flexibility index (Phi) is 7.04. The highest BCUT2D eigenvalue weighted by Crippen LogP contribution is 2.28. The topological polar surface area (TPSA) is 50.4 Å². The van der Waals surface area contributed by atoms with Crippen LogP contribution in [0.15, 0.2) is 60.7 Å². The van der Waals surface area contributed by atoms with Crippen LogP contribution < -0.4 is 15.4 Å². The molecule has 4 nitrogen and oxygen atoms in total. The van der Waals surface area contributed by atoms with Crippen LogP contribution in [0, 0.1) is 6.92 Å². The standard InChI is InChI=1S/C24H28N2O2/c1-3-4-15-25-16-22-21-8-6-5-7-19(21)11-14-23(22)28-17-24(27)26-20-12-9-18(2)10-13-20/h5-14,25H,3-4,15-17H2,1-2H3,(H,26,27). The van der Waals surface area contributed by atoms with Crippen molar-refractivity contribution < 1.29 is 9.53 Å². The van der Waals surface area contributed by atoms with Crippen molar-refractivity contribution in [3.05, 3.63) is 71.8 Å². The van der Waals surface area contributed by atoms with Gasteiger partial charge in [0.1, 0.15) is 5.75 Å². The van der Waals surface area contributed by atoms with Crippen molar-refractivity contribution in [1.82, 2.24) is 5.32 Å². The third-order valence-corrected chi connectivity index (χ3v) is 4.70. The van der Waals surface area contributed by atoms with E-state index < -0.39 is 0 Å². The van der Waals surface area contributed by atoms with Gasteiger partial charge in [0.05, 0.1) is 0 Å². The predicted octanol–water partition coefficient (Wildman–Crippen LogP) is 5.06. The Hall–Kier alpha value is -2.85. The first-order valence-corrected chi connectivity index (χ1v) is 9.88. The van der Waals surface area contributed by atoms with E-state index >= 15 is 0 Å². The van der Waals surface area contributed by atoms with E-state index in [2.05, 4.69) is 29.7 Å². The second-order valence-corrected chi connectivity index (χ2v) is 7.00. The smallest absolute Gasteiger partial charge is 0.262 e. The highest BCUT2D eigenvalue weighted by Gasteiger charge is 2.11. The van der Waals surface area contributed by atoms with Crippen molar-refractivity contribution in [2.45, 2.75) is 33.2 Å². The highest BCUT2D eigenvalue weighted by molar-refractivity contribution is 5.92. The van der Waals surface area contributed by atoms with E-state index in [-0.39, 0.29) is 12.5 Å². The van der Waals surface area contributed by atoms with Crippen LogP contribution in [0.1, 0.15) is 30.9 Å². The summed E-state index contributed by atoms with van der Waals surface area (Å²) in [6, 6.07) is 20.0. The normalized spacial score (nSPS) is 10.8. The van der Waals surface area contributed by atoms with Gasteiger partial charge in [0.25, 0.3) is 5.91 Å². The van der Waals surface area contributed by atoms with Gasteiger partial charge < -0.3 is 15.4 Å². The molecule has 0 saturated heterocycles. The summed E-state index contributed by atoms with van der Waals surface area (Å²) in [5.41, 5.74) is 3.03. The molecule has 3 rings (SSSR count). The molecule has 0 atom stereocenters. The fourth-order valence-corrected chi connectivity index (χ4v) is 3.13. The van der Waals surface area contributed by atoms with Gasteiger partial charge >= 0.3 is 0 Å². The summed E-state index contributed by atoms with van der Waals surface area (Å²) in [4.78, 5) is 12.3. The van der Waals surface area contributed by atoms with Crippen molar-refractivity contribution in [2.24, 2.45) is 0 Å².